The van der Waals surface area contributed by atoms with Crippen LogP contribution in [0.4, 0.5) is 0 Å². The van der Waals surface area contributed by atoms with Crippen LogP contribution in [-0.2, 0) is 6.54 Å². The number of piperidine rings is 1. The van der Waals surface area contributed by atoms with Crippen LogP contribution in [0.15, 0.2) is 29.4 Å². The molecule has 1 saturated heterocycles. The Bertz CT molecular complexity index is 452. The molecule has 0 saturated carbocycles. The molecule has 2 rings (SSSR count). The minimum atomic E-state index is 0.616. The predicted molar refractivity (Wildman–Crippen MR) is 96.5 cm³/mol. The lowest BCUT2D eigenvalue weighted by atomic mass is 9.93. The highest BCUT2D eigenvalue weighted by Crippen LogP contribution is 2.19. The molecule has 1 aliphatic heterocycles. The van der Waals surface area contributed by atoms with Crippen molar-refractivity contribution in [3.05, 3.63) is 30.1 Å². The third kappa shape index (κ3) is 6.57. The molecule has 2 heterocycles. The third-order valence-electron chi connectivity index (χ3n) is 4.47. The molecule has 0 radical (unpaired) electrons. The van der Waals surface area contributed by atoms with Gasteiger partial charge in [-0.3, -0.25) is 4.98 Å². The summed E-state index contributed by atoms with van der Waals surface area (Å²) in [7, 11) is 0. The van der Waals surface area contributed by atoms with Crippen molar-refractivity contribution in [2.24, 2.45) is 10.9 Å². The molecule has 0 aliphatic carbocycles. The number of pyridine rings is 1. The minimum absolute atomic E-state index is 0.616. The molecule has 1 fully saturated rings. The van der Waals surface area contributed by atoms with Crippen LogP contribution >= 0.6 is 0 Å². The normalized spacial score (nSPS) is 17.2. The van der Waals surface area contributed by atoms with E-state index in [9.17, 15) is 0 Å². The number of rotatable bonds is 7. The molecule has 0 unspecified atom stereocenters. The van der Waals surface area contributed by atoms with Crippen LogP contribution in [0.1, 0.15) is 38.8 Å². The van der Waals surface area contributed by atoms with Gasteiger partial charge in [-0.15, -0.1) is 0 Å². The summed E-state index contributed by atoms with van der Waals surface area (Å²) in [5, 5.41) is 6.77. The van der Waals surface area contributed by atoms with Crippen molar-refractivity contribution in [2.75, 3.05) is 32.7 Å². The Morgan fingerprint density at radius 1 is 1.26 bits per heavy atom. The molecule has 0 amide bonds. The van der Waals surface area contributed by atoms with Gasteiger partial charge in [0.2, 0.25) is 0 Å². The van der Waals surface area contributed by atoms with Crippen LogP contribution < -0.4 is 10.6 Å². The lowest BCUT2D eigenvalue weighted by molar-refractivity contribution is 0.187. The van der Waals surface area contributed by atoms with E-state index in [1.54, 1.807) is 0 Å². The molecular formula is C18H31N5. The fourth-order valence-corrected chi connectivity index (χ4v) is 2.98. The number of likely N-dealkylation sites (tertiary alicyclic amines) is 1. The maximum Gasteiger partial charge on any atom is 0.191 e. The van der Waals surface area contributed by atoms with Crippen molar-refractivity contribution in [1.29, 1.82) is 0 Å². The van der Waals surface area contributed by atoms with E-state index < -0.39 is 0 Å². The molecule has 5 heteroatoms. The molecule has 1 aromatic rings. The van der Waals surface area contributed by atoms with Crippen molar-refractivity contribution in [3.63, 3.8) is 0 Å². The summed E-state index contributed by atoms with van der Waals surface area (Å²) < 4.78 is 0. The van der Waals surface area contributed by atoms with Gasteiger partial charge in [0, 0.05) is 19.3 Å². The summed E-state index contributed by atoms with van der Waals surface area (Å²) >= 11 is 0. The SMILES string of the molecule is CCNC(=NCc1ccccn1)NCCC1CCN(CC)CC1. The van der Waals surface area contributed by atoms with Crippen LogP contribution in [0.2, 0.25) is 0 Å². The van der Waals surface area contributed by atoms with Crippen LogP contribution in [0, 0.1) is 5.92 Å². The molecule has 23 heavy (non-hydrogen) atoms. The third-order valence-corrected chi connectivity index (χ3v) is 4.47. The zero-order valence-corrected chi connectivity index (χ0v) is 14.6. The van der Waals surface area contributed by atoms with Crippen molar-refractivity contribution >= 4 is 5.96 Å². The van der Waals surface area contributed by atoms with Crippen LogP contribution in [0.25, 0.3) is 0 Å². The van der Waals surface area contributed by atoms with Crippen molar-refractivity contribution in [1.82, 2.24) is 20.5 Å². The van der Waals surface area contributed by atoms with Gasteiger partial charge in [-0.05, 0) is 63.9 Å². The minimum Gasteiger partial charge on any atom is -0.357 e. The van der Waals surface area contributed by atoms with Gasteiger partial charge in [-0.25, -0.2) is 4.99 Å². The number of nitrogens with one attached hydrogen (secondary N) is 2. The fourth-order valence-electron chi connectivity index (χ4n) is 2.98. The average molecular weight is 317 g/mol. The smallest absolute Gasteiger partial charge is 0.191 e. The van der Waals surface area contributed by atoms with E-state index in [0.717, 1.165) is 30.7 Å². The maximum absolute atomic E-state index is 4.62. The summed E-state index contributed by atoms with van der Waals surface area (Å²) in [5.74, 6) is 1.74. The summed E-state index contributed by atoms with van der Waals surface area (Å²) in [6.45, 7) is 10.5. The second-order valence-corrected chi connectivity index (χ2v) is 6.11. The van der Waals surface area contributed by atoms with E-state index in [4.69, 9.17) is 0 Å². The van der Waals surface area contributed by atoms with Gasteiger partial charge in [0.1, 0.15) is 0 Å². The standard InChI is InChI=1S/C18H31N5/c1-3-19-18(22-15-17-7-5-6-11-20-17)21-12-8-16-9-13-23(4-2)14-10-16/h5-7,11,16H,3-4,8-10,12-15H2,1-2H3,(H2,19,21,22). The van der Waals surface area contributed by atoms with E-state index in [0.29, 0.717) is 6.54 Å². The van der Waals surface area contributed by atoms with Crippen LogP contribution in [0.3, 0.4) is 0 Å². The Balaban J connectivity index is 1.72. The van der Waals surface area contributed by atoms with E-state index in [1.165, 1.54) is 38.9 Å². The van der Waals surface area contributed by atoms with Crippen LogP contribution in [-0.4, -0.2) is 48.6 Å². The van der Waals surface area contributed by atoms with Gasteiger partial charge in [-0.1, -0.05) is 13.0 Å². The highest BCUT2D eigenvalue weighted by Gasteiger charge is 2.17. The summed E-state index contributed by atoms with van der Waals surface area (Å²) in [6, 6.07) is 5.94. The summed E-state index contributed by atoms with van der Waals surface area (Å²) in [5.41, 5.74) is 0.997. The Labute approximate surface area is 140 Å². The van der Waals surface area contributed by atoms with Gasteiger partial charge in [0.15, 0.2) is 5.96 Å². The molecule has 0 aromatic carbocycles. The number of hydrogen-bond acceptors (Lipinski definition) is 3. The number of aromatic nitrogens is 1. The van der Waals surface area contributed by atoms with Gasteiger partial charge in [0.05, 0.1) is 12.2 Å². The first-order valence-corrected chi connectivity index (χ1v) is 8.96. The lowest BCUT2D eigenvalue weighted by Gasteiger charge is -2.31. The molecule has 2 N–H and O–H groups in total. The predicted octanol–water partition coefficient (Wildman–Crippen LogP) is 2.26. The zero-order chi connectivity index (χ0) is 16.3. The monoisotopic (exact) mass is 317 g/mol. The summed E-state index contributed by atoms with van der Waals surface area (Å²) in [6.07, 6.45) is 5.70. The fraction of sp³-hybridized carbons (Fsp3) is 0.667. The molecule has 0 atom stereocenters. The van der Waals surface area contributed by atoms with E-state index >= 15 is 0 Å². The molecule has 1 aromatic heterocycles. The first-order chi connectivity index (χ1) is 11.3. The number of nitrogens with zero attached hydrogens (tertiary/aromatic N) is 3. The topological polar surface area (TPSA) is 52.6 Å². The Morgan fingerprint density at radius 2 is 2.09 bits per heavy atom. The maximum atomic E-state index is 4.62. The van der Waals surface area contributed by atoms with Gasteiger partial charge < -0.3 is 15.5 Å². The summed E-state index contributed by atoms with van der Waals surface area (Å²) in [4.78, 5) is 11.5. The van der Waals surface area contributed by atoms with Crippen molar-refractivity contribution in [3.8, 4) is 0 Å². The Hall–Kier alpha value is -1.62. The number of guanidine groups is 1. The van der Waals surface area contributed by atoms with E-state index in [1.807, 2.05) is 24.4 Å². The molecule has 0 bridgehead atoms. The highest BCUT2D eigenvalue weighted by atomic mass is 15.2. The quantitative estimate of drug-likeness (QED) is 0.598. The van der Waals surface area contributed by atoms with Crippen molar-refractivity contribution in [2.45, 2.75) is 39.7 Å². The Morgan fingerprint density at radius 3 is 2.74 bits per heavy atom. The lowest BCUT2D eigenvalue weighted by Crippen LogP contribution is -2.39. The van der Waals surface area contributed by atoms with Gasteiger partial charge in [-0.2, -0.15) is 0 Å². The van der Waals surface area contributed by atoms with Crippen LogP contribution in [0.5, 0.6) is 0 Å². The largest absolute Gasteiger partial charge is 0.357 e. The molecule has 5 nitrogen and oxygen atoms in total. The first kappa shape index (κ1) is 17.7. The highest BCUT2D eigenvalue weighted by molar-refractivity contribution is 5.79. The number of hydrogen-bond donors (Lipinski definition) is 2. The van der Waals surface area contributed by atoms with E-state index in [-0.39, 0.29) is 0 Å². The first-order valence-electron chi connectivity index (χ1n) is 8.96. The second-order valence-electron chi connectivity index (χ2n) is 6.11. The zero-order valence-electron chi connectivity index (χ0n) is 14.6. The molecule has 0 spiro atoms. The van der Waals surface area contributed by atoms with Crippen molar-refractivity contribution < 1.29 is 0 Å². The molecule has 1 aliphatic rings. The van der Waals surface area contributed by atoms with Gasteiger partial charge in [0.25, 0.3) is 0 Å². The van der Waals surface area contributed by atoms with E-state index in [2.05, 4.69) is 39.4 Å². The molecular weight excluding hydrogens is 286 g/mol. The Kier molecular flexibility index (Phi) is 7.87. The number of aliphatic imine (C=N–C) groups is 1. The molecule has 128 valence electrons. The average Bonchev–Trinajstić information content (AvgIpc) is 2.61. The van der Waals surface area contributed by atoms with Gasteiger partial charge >= 0.3 is 0 Å². The second kappa shape index (κ2) is 10.2.